The molecule has 1 aliphatic carbocycles. The molecule has 1 saturated heterocycles. The van der Waals surface area contributed by atoms with E-state index in [9.17, 15) is 5.11 Å². The van der Waals surface area contributed by atoms with Gasteiger partial charge in [-0.05, 0) is 49.4 Å². The smallest absolute Gasteiger partial charge is 0.119 e. The van der Waals surface area contributed by atoms with Crippen LogP contribution in [0.1, 0.15) is 69.4 Å². The third-order valence-electron chi connectivity index (χ3n) is 8.37. The molecule has 0 aromatic heterocycles. The minimum atomic E-state index is -0.995. The van der Waals surface area contributed by atoms with Gasteiger partial charge in [-0.15, -0.1) is 0 Å². The van der Waals surface area contributed by atoms with Gasteiger partial charge in [0, 0.05) is 51.8 Å². The van der Waals surface area contributed by atoms with Crippen molar-refractivity contribution in [1.82, 2.24) is 9.80 Å². The Morgan fingerprint density at radius 2 is 1.67 bits per heavy atom. The van der Waals surface area contributed by atoms with Gasteiger partial charge in [0.05, 0.1) is 18.3 Å². The van der Waals surface area contributed by atoms with Crippen LogP contribution >= 0.6 is 0 Å². The second-order valence-electron chi connectivity index (χ2n) is 10.8. The van der Waals surface area contributed by atoms with Crippen molar-refractivity contribution < 1.29 is 14.6 Å². The highest BCUT2D eigenvalue weighted by Crippen LogP contribution is 2.38. The first-order valence-electron chi connectivity index (χ1n) is 14.0. The van der Waals surface area contributed by atoms with Crippen LogP contribution in [0.3, 0.4) is 0 Å². The summed E-state index contributed by atoms with van der Waals surface area (Å²) in [5, 5.41) is 12.0. The van der Waals surface area contributed by atoms with E-state index in [1.807, 2.05) is 44.4 Å². The van der Waals surface area contributed by atoms with Crippen LogP contribution in [0.5, 0.6) is 5.75 Å². The Bertz CT molecular complexity index is 894. The summed E-state index contributed by atoms with van der Waals surface area (Å²) in [4.78, 5) is 5.19. The van der Waals surface area contributed by atoms with E-state index in [4.69, 9.17) is 9.47 Å². The normalized spacial score (nSPS) is 24.2. The molecule has 0 spiro atoms. The van der Waals surface area contributed by atoms with Crippen molar-refractivity contribution in [3.63, 3.8) is 0 Å². The molecule has 0 amide bonds. The SMILES string of the molecule is CCCCOc1ccc([C@](C)(O)[C@H](CN2CCN([C@@H]3CCCC[C@H]3OC)CC2)c2ccccc2)cc1. The molecule has 1 N–H and O–H groups in total. The summed E-state index contributed by atoms with van der Waals surface area (Å²) in [5.74, 6) is 0.839. The fourth-order valence-electron chi connectivity index (χ4n) is 6.02. The predicted octanol–water partition coefficient (Wildman–Crippen LogP) is 5.43. The molecule has 1 heterocycles. The molecule has 4 atom stereocenters. The fourth-order valence-corrected chi connectivity index (χ4v) is 6.02. The number of methoxy groups -OCH3 is 1. The van der Waals surface area contributed by atoms with Crippen molar-refractivity contribution in [2.75, 3.05) is 46.4 Å². The molecule has 36 heavy (non-hydrogen) atoms. The van der Waals surface area contributed by atoms with Crippen molar-refractivity contribution in [3.05, 3.63) is 65.7 Å². The Morgan fingerprint density at radius 3 is 2.33 bits per heavy atom. The zero-order valence-electron chi connectivity index (χ0n) is 22.6. The number of benzene rings is 2. The van der Waals surface area contributed by atoms with Gasteiger partial charge in [0.15, 0.2) is 0 Å². The van der Waals surface area contributed by atoms with Gasteiger partial charge in [0.2, 0.25) is 0 Å². The van der Waals surface area contributed by atoms with Gasteiger partial charge >= 0.3 is 0 Å². The maximum atomic E-state index is 12.0. The van der Waals surface area contributed by atoms with Crippen LogP contribution in [-0.4, -0.2) is 73.5 Å². The molecular weight excluding hydrogens is 448 g/mol. The molecule has 2 aromatic rings. The van der Waals surface area contributed by atoms with Crippen LogP contribution in [0, 0.1) is 0 Å². The van der Waals surface area contributed by atoms with Crippen LogP contribution < -0.4 is 4.74 Å². The molecule has 1 saturated carbocycles. The molecule has 5 heteroatoms. The number of ether oxygens (including phenoxy) is 2. The lowest BCUT2D eigenvalue weighted by Gasteiger charge is -2.45. The van der Waals surface area contributed by atoms with E-state index in [0.29, 0.717) is 12.1 Å². The first kappa shape index (κ1) is 27.1. The van der Waals surface area contributed by atoms with E-state index in [2.05, 4.69) is 41.0 Å². The van der Waals surface area contributed by atoms with E-state index >= 15 is 0 Å². The standard InChI is InChI=1S/C31H46N2O3/c1-4-5-23-36-27-17-15-26(16-18-27)31(2,34)28(25-11-7-6-8-12-25)24-32-19-21-33(22-20-32)29-13-9-10-14-30(29)35-3/h6-8,11-12,15-18,28-30,34H,4-5,9-10,13-14,19-24H2,1-3H3/t28-,29-,30-,31+/m1/s1. The van der Waals surface area contributed by atoms with E-state index in [1.54, 1.807) is 0 Å². The predicted molar refractivity (Wildman–Crippen MR) is 147 cm³/mol. The van der Waals surface area contributed by atoms with Crippen LogP contribution in [0.15, 0.2) is 54.6 Å². The number of piperazine rings is 1. The summed E-state index contributed by atoms with van der Waals surface area (Å²) in [6, 6.07) is 19.1. The van der Waals surface area contributed by atoms with Gasteiger partial charge < -0.3 is 19.5 Å². The molecule has 198 valence electrons. The Labute approximate surface area is 218 Å². The fraction of sp³-hybridized carbons (Fsp3) is 0.613. The maximum Gasteiger partial charge on any atom is 0.119 e. The summed E-state index contributed by atoms with van der Waals surface area (Å²) >= 11 is 0. The first-order valence-corrected chi connectivity index (χ1v) is 14.0. The number of unbranched alkanes of at least 4 members (excludes halogenated alkanes) is 1. The minimum absolute atomic E-state index is 0.0292. The summed E-state index contributed by atoms with van der Waals surface area (Å²) in [6.07, 6.45) is 7.57. The molecule has 1 aliphatic heterocycles. The largest absolute Gasteiger partial charge is 0.494 e. The van der Waals surface area contributed by atoms with Crippen molar-refractivity contribution >= 4 is 0 Å². The number of hydrogen-bond donors (Lipinski definition) is 1. The van der Waals surface area contributed by atoms with E-state index in [1.165, 1.54) is 31.2 Å². The maximum absolute atomic E-state index is 12.0. The van der Waals surface area contributed by atoms with Gasteiger partial charge in [-0.2, -0.15) is 0 Å². The van der Waals surface area contributed by atoms with Crippen LogP contribution in [0.25, 0.3) is 0 Å². The number of nitrogens with zero attached hydrogens (tertiary/aromatic N) is 2. The summed E-state index contributed by atoms with van der Waals surface area (Å²) in [7, 11) is 1.87. The third-order valence-corrected chi connectivity index (χ3v) is 8.37. The lowest BCUT2D eigenvalue weighted by molar-refractivity contribution is -0.0342. The van der Waals surface area contributed by atoms with Crippen LogP contribution in [-0.2, 0) is 10.3 Å². The second-order valence-corrected chi connectivity index (χ2v) is 10.8. The number of aliphatic hydroxyl groups is 1. The lowest BCUT2D eigenvalue weighted by Crippen LogP contribution is -2.55. The molecular formula is C31H46N2O3. The molecule has 0 radical (unpaired) electrons. The van der Waals surface area contributed by atoms with Crippen LogP contribution in [0.4, 0.5) is 0 Å². The van der Waals surface area contributed by atoms with E-state index in [0.717, 1.165) is 63.5 Å². The topological polar surface area (TPSA) is 45.2 Å². The summed E-state index contributed by atoms with van der Waals surface area (Å²) in [5.41, 5.74) is 1.12. The average Bonchev–Trinajstić information content (AvgIpc) is 2.93. The van der Waals surface area contributed by atoms with E-state index in [-0.39, 0.29) is 5.92 Å². The summed E-state index contributed by atoms with van der Waals surface area (Å²) in [6.45, 7) is 9.89. The zero-order chi connectivity index (χ0) is 25.4. The van der Waals surface area contributed by atoms with Crippen molar-refractivity contribution in [2.45, 2.75) is 76.0 Å². The van der Waals surface area contributed by atoms with Crippen LogP contribution in [0.2, 0.25) is 0 Å². The average molecular weight is 495 g/mol. The quantitative estimate of drug-likeness (QED) is 0.422. The van der Waals surface area contributed by atoms with Gasteiger partial charge in [-0.25, -0.2) is 0 Å². The Hall–Kier alpha value is -1.92. The molecule has 2 aliphatic rings. The van der Waals surface area contributed by atoms with Crippen molar-refractivity contribution in [2.24, 2.45) is 0 Å². The van der Waals surface area contributed by atoms with Crippen molar-refractivity contribution in [1.29, 1.82) is 0 Å². The van der Waals surface area contributed by atoms with Gasteiger partial charge in [-0.1, -0.05) is 68.7 Å². The molecule has 5 nitrogen and oxygen atoms in total. The lowest BCUT2D eigenvalue weighted by atomic mass is 9.78. The monoisotopic (exact) mass is 494 g/mol. The zero-order valence-corrected chi connectivity index (χ0v) is 22.6. The Balaban J connectivity index is 1.44. The van der Waals surface area contributed by atoms with Crippen molar-refractivity contribution in [3.8, 4) is 5.75 Å². The molecule has 4 rings (SSSR count). The Kier molecular flexibility index (Phi) is 9.83. The highest BCUT2D eigenvalue weighted by Gasteiger charge is 2.38. The molecule has 2 fully saturated rings. The Morgan fingerprint density at radius 1 is 0.972 bits per heavy atom. The highest BCUT2D eigenvalue weighted by atomic mass is 16.5. The van der Waals surface area contributed by atoms with E-state index < -0.39 is 5.60 Å². The first-order chi connectivity index (χ1) is 17.5. The number of rotatable bonds is 11. The minimum Gasteiger partial charge on any atom is -0.494 e. The van der Waals surface area contributed by atoms with Gasteiger partial charge in [0.1, 0.15) is 5.75 Å². The highest BCUT2D eigenvalue weighted by molar-refractivity contribution is 5.35. The molecule has 2 aromatic carbocycles. The molecule has 0 unspecified atom stereocenters. The number of hydrogen-bond acceptors (Lipinski definition) is 5. The second kappa shape index (κ2) is 13.0. The summed E-state index contributed by atoms with van der Waals surface area (Å²) < 4.78 is 11.7. The van der Waals surface area contributed by atoms with Gasteiger partial charge in [-0.3, -0.25) is 4.90 Å². The third kappa shape index (κ3) is 6.69. The van der Waals surface area contributed by atoms with Gasteiger partial charge in [0.25, 0.3) is 0 Å². The molecule has 0 bridgehead atoms.